The Hall–Kier alpha value is 0. The van der Waals surface area contributed by atoms with Crippen molar-refractivity contribution in [1.29, 1.82) is 0 Å². The maximum absolute atomic E-state index is 2.65. The summed E-state index contributed by atoms with van der Waals surface area (Å²) in [7, 11) is 0. The standard InChI is InChI=1S/C13H18/c1-13-10-4-6-2-8(10)12(13)9-3-7(6)5-11(9)13/h6-12H,2-5H2,1H3. The van der Waals surface area contributed by atoms with E-state index in [2.05, 4.69) is 6.92 Å². The SMILES string of the molecule is CC12C3CC4CC3C1C1CC4CC12. The fourth-order valence-corrected chi connectivity index (χ4v) is 6.99. The molecule has 13 heavy (non-hydrogen) atoms. The van der Waals surface area contributed by atoms with Crippen LogP contribution in [0.4, 0.5) is 0 Å². The molecule has 0 aromatic rings. The summed E-state index contributed by atoms with van der Waals surface area (Å²) < 4.78 is 0. The third-order valence-corrected chi connectivity index (χ3v) is 7.20. The second-order valence-corrected chi connectivity index (χ2v) is 6.90. The molecule has 0 spiro atoms. The molecule has 6 aliphatic rings. The maximum Gasteiger partial charge on any atom is -0.0230 e. The van der Waals surface area contributed by atoms with Gasteiger partial charge in [-0.1, -0.05) is 6.92 Å². The average Bonchev–Trinajstić information content (AvgIpc) is 2.57. The molecule has 6 unspecified atom stereocenters. The van der Waals surface area contributed by atoms with Crippen LogP contribution in [0.25, 0.3) is 0 Å². The summed E-state index contributed by atoms with van der Waals surface area (Å²) >= 11 is 0. The van der Waals surface area contributed by atoms with Crippen LogP contribution >= 0.6 is 0 Å². The number of rotatable bonds is 0. The van der Waals surface area contributed by atoms with E-state index in [1.165, 1.54) is 41.4 Å². The molecular weight excluding hydrogens is 156 g/mol. The first-order valence-electron chi connectivity index (χ1n) is 6.30. The number of hydrogen-bond acceptors (Lipinski definition) is 0. The predicted octanol–water partition coefficient (Wildman–Crippen LogP) is 2.93. The molecule has 0 nitrogen and oxygen atoms in total. The van der Waals surface area contributed by atoms with Gasteiger partial charge in [-0.15, -0.1) is 0 Å². The Morgan fingerprint density at radius 3 is 1.92 bits per heavy atom. The summed E-state index contributed by atoms with van der Waals surface area (Å²) in [6.07, 6.45) is 6.59. The van der Waals surface area contributed by atoms with Crippen LogP contribution in [0.3, 0.4) is 0 Å². The Balaban J connectivity index is 1.78. The van der Waals surface area contributed by atoms with Crippen LogP contribution in [0.5, 0.6) is 0 Å². The molecule has 0 heteroatoms. The van der Waals surface area contributed by atoms with E-state index >= 15 is 0 Å². The smallest absolute Gasteiger partial charge is 0.0230 e. The van der Waals surface area contributed by atoms with Crippen molar-refractivity contribution in [2.24, 2.45) is 46.8 Å². The maximum atomic E-state index is 2.65. The summed E-state index contributed by atoms with van der Waals surface area (Å²) in [6.45, 7) is 2.65. The van der Waals surface area contributed by atoms with Crippen molar-refractivity contribution in [2.75, 3.05) is 0 Å². The van der Waals surface area contributed by atoms with Gasteiger partial charge < -0.3 is 0 Å². The molecule has 6 rings (SSSR count). The molecule has 0 amide bonds. The van der Waals surface area contributed by atoms with E-state index in [-0.39, 0.29) is 0 Å². The lowest BCUT2D eigenvalue weighted by Gasteiger charge is -2.73. The monoisotopic (exact) mass is 174 g/mol. The van der Waals surface area contributed by atoms with Crippen LogP contribution in [0.15, 0.2) is 0 Å². The molecule has 0 saturated heterocycles. The van der Waals surface area contributed by atoms with Crippen molar-refractivity contribution in [1.82, 2.24) is 0 Å². The van der Waals surface area contributed by atoms with E-state index in [0.29, 0.717) is 0 Å². The summed E-state index contributed by atoms with van der Waals surface area (Å²) in [4.78, 5) is 0. The van der Waals surface area contributed by atoms with Crippen LogP contribution in [-0.2, 0) is 0 Å². The fraction of sp³-hybridized carbons (Fsp3) is 1.00. The van der Waals surface area contributed by atoms with Gasteiger partial charge in [-0.2, -0.15) is 0 Å². The van der Waals surface area contributed by atoms with Gasteiger partial charge in [0, 0.05) is 0 Å². The van der Waals surface area contributed by atoms with Gasteiger partial charge in [-0.25, -0.2) is 0 Å². The van der Waals surface area contributed by atoms with Gasteiger partial charge in [0.25, 0.3) is 0 Å². The third kappa shape index (κ3) is 0.412. The van der Waals surface area contributed by atoms with Gasteiger partial charge in [-0.3, -0.25) is 0 Å². The first-order valence-corrected chi connectivity index (χ1v) is 6.30. The Bertz CT molecular complexity index is 279. The Morgan fingerprint density at radius 1 is 0.846 bits per heavy atom. The van der Waals surface area contributed by atoms with E-state index in [4.69, 9.17) is 0 Å². The molecule has 0 N–H and O–H groups in total. The zero-order valence-electron chi connectivity index (χ0n) is 8.37. The molecule has 6 bridgehead atoms. The minimum absolute atomic E-state index is 0.884. The molecule has 6 aliphatic carbocycles. The Morgan fingerprint density at radius 2 is 1.38 bits per heavy atom. The lowest BCUT2D eigenvalue weighted by Crippen LogP contribution is -2.69. The molecular formula is C13H18. The Labute approximate surface area is 80.1 Å². The van der Waals surface area contributed by atoms with Gasteiger partial charge in [0.05, 0.1) is 0 Å². The molecule has 0 heterocycles. The van der Waals surface area contributed by atoms with Crippen LogP contribution in [0.2, 0.25) is 0 Å². The molecule has 0 aromatic heterocycles. The molecule has 6 saturated carbocycles. The second kappa shape index (κ2) is 1.51. The topological polar surface area (TPSA) is 0 Å². The van der Waals surface area contributed by atoms with Crippen molar-refractivity contribution < 1.29 is 0 Å². The second-order valence-electron chi connectivity index (χ2n) is 6.90. The predicted molar refractivity (Wildman–Crippen MR) is 51.0 cm³/mol. The summed E-state index contributed by atoms with van der Waals surface area (Å²) in [5.74, 6) is 8.46. The summed E-state index contributed by atoms with van der Waals surface area (Å²) in [5.41, 5.74) is 0.884. The highest BCUT2D eigenvalue weighted by atomic mass is 14.8. The molecule has 6 atom stereocenters. The first kappa shape index (κ1) is 6.48. The van der Waals surface area contributed by atoms with E-state index < -0.39 is 0 Å². The highest BCUT2D eigenvalue weighted by Gasteiger charge is 2.79. The zero-order valence-corrected chi connectivity index (χ0v) is 8.37. The summed E-state index contributed by atoms with van der Waals surface area (Å²) in [6, 6.07) is 0. The molecule has 0 aromatic carbocycles. The van der Waals surface area contributed by atoms with E-state index in [1.54, 1.807) is 25.7 Å². The zero-order chi connectivity index (χ0) is 8.37. The van der Waals surface area contributed by atoms with Crippen molar-refractivity contribution in [3.8, 4) is 0 Å². The largest absolute Gasteiger partial charge is 0.0588 e. The first-order chi connectivity index (χ1) is 6.30. The van der Waals surface area contributed by atoms with Gasteiger partial charge in [-0.05, 0) is 72.5 Å². The van der Waals surface area contributed by atoms with Crippen LogP contribution < -0.4 is 0 Å². The van der Waals surface area contributed by atoms with E-state index in [9.17, 15) is 0 Å². The van der Waals surface area contributed by atoms with Crippen molar-refractivity contribution in [3.63, 3.8) is 0 Å². The van der Waals surface area contributed by atoms with Crippen LogP contribution in [0, 0.1) is 46.8 Å². The summed E-state index contributed by atoms with van der Waals surface area (Å²) in [5, 5.41) is 0. The molecule has 0 radical (unpaired) electrons. The number of hydrogen-bond donors (Lipinski definition) is 0. The normalized spacial score (nSPS) is 80.5. The van der Waals surface area contributed by atoms with Gasteiger partial charge in [0.2, 0.25) is 0 Å². The minimum Gasteiger partial charge on any atom is -0.0588 e. The lowest BCUT2D eigenvalue weighted by molar-refractivity contribution is -0.259. The van der Waals surface area contributed by atoms with Gasteiger partial charge in [0.15, 0.2) is 0 Å². The van der Waals surface area contributed by atoms with Crippen LogP contribution in [-0.4, -0.2) is 0 Å². The quantitative estimate of drug-likeness (QED) is 0.529. The fourth-order valence-electron chi connectivity index (χ4n) is 6.99. The minimum atomic E-state index is 0.884. The third-order valence-electron chi connectivity index (χ3n) is 7.20. The van der Waals surface area contributed by atoms with E-state index in [0.717, 1.165) is 5.41 Å². The molecule has 0 aliphatic heterocycles. The lowest BCUT2D eigenvalue weighted by atomic mass is 9.31. The van der Waals surface area contributed by atoms with Gasteiger partial charge in [0.1, 0.15) is 0 Å². The highest BCUT2D eigenvalue weighted by Crippen LogP contribution is 2.85. The Kier molecular flexibility index (Phi) is 0.753. The average molecular weight is 174 g/mol. The van der Waals surface area contributed by atoms with Crippen molar-refractivity contribution in [3.05, 3.63) is 0 Å². The van der Waals surface area contributed by atoms with Gasteiger partial charge >= 0.3 is 0 Å². The van der Waals surface area contributed by atoms with Crippen molar-refractivity contribution >= 4 is 0 Å². The molecule has 70 valence electrons. The molecule has 6 fully saturated rings. The van der Waals surface area contributed by atoms with Crippen LogP contribution in [0.1, 0.15) is 32.6 Å². The highest BCUT2D eigenvalue weighted by molar-refractivity contribution is 5.27. The van der Waals surface area contributed by atoms with Crippen molar-refractivity contribution in [2.45, 2.75) is 32.6 Å². The van der Waals surface area contributed by atoms with E-state index in [1.807, 2.05) is 0 Å².